The predicted octanol–water partition coefficient (Wildman–Crippen LogP) is 3.07. The second kappa shape index (κ2) is 1.99. The molecule has 0 aliphatic carbocycles. The van der Waals surface area contributed by atoms with E-state index in [0.29, 0.717) is 0 Å². The summed E-state index contributed by atoms with van der Waals surface area (Å²) in [5.74, 6) is 0. The van der Waals surface area contributed by atoms with Gasteiger partial charge in [0.15, 0.2) is 0 Å². The number of hydrogen-bond donors (Lipinski definition) is 0. The molecule has 0 saturated heterocycles. The van der Waals surface area contributed by atoms with Gasteiger partial charge in [-0.15, -0.1) is 0 Å². The van der Waals surface area contributed by atoms with Crippen LogP contribution in [0.5, 0.6) is 0 Å². The molecule has 2 aromatic heterocycles. The molecule has 0 fully saturated rings. The van der Waals surface area contributed by atoms with E-state index in [4.69, 9.17) is 4.42 Å². The second-order valence-corrected chi connectivity index (χ2v) is 3.02. The maximum absolute atomic E-state index is 5.41. The van der Waals surface area contributed by atoms with Crippen molar-refractivity contribution in [2.75, 3.05) is 0 Å². The molecule has 0 amide bonds. The highest BCUT2D eigenvalue weighted by molar-refractivity contribution is 9.08. The van der Waals surface area contributed by atoms with Gasteiger partial charge in [-0.3, -0.25) is 0 Å². The lowest BCUT2D eigenvalue weighted by Gasteiger charge is -1.89. The number of aryl methyl sites for hydroxylation is 1. The van der Waals surface area contributed by atoms with Crippen LogP contribution < -0.4 is 0 Å². The van der Waals surface area contributed by atoms with Crippen molar-refractivity contribution < 1.29 is 4.42 Å². The Bertz CT molecular complexity index is 337. The number of halogens is 1. The molecule has 2 heterocycles. The number of rotatable bonds is 1. The Morgan fingerprint density at radius 1 is 1.50 bits per heavy atom. The third-order valence-electron chi connectivity index (χ3n) is 1.69. The van der Waals surface area contributed by atoms with E-state index in [9.17, 15) is 0 Å². The van der Waals surface area contributed by atoms with Crippen LogP contribution in [0.2, 0.25) is 0 Å². The Labute approximate surface area is 67.5 Å². The monoisotopic (exact) mass is 198 g/mol. The summed E-state index contributed by atoms with van der Waals surface area (Å²) < 4.78 is 5.41. The Morgan fingerprint density at radius 2 is 2.30 bits per heavy atom. The minimum atomic E-state index is 0.886. The lowest BCUT2D eigenvalue weighted by atomic mass is 10.2. The number of alkyl halides is 1. The van der Waals surface area contributed by atoms with Gasteiger partial charge in [-0.25, -0.2) is 0 Å². The van der Waals surface area contributed by atoms with Gasteiger partial charge < -0.3 is 4.42 Å². The van der Waals surface area contributed by atoms with Gasteiger partial charge in [0, 0.05) is 10.9 Å². The SMILES string of the molecule is Cc1cc2cc(CBr)c1o2. The summed E-state index contributed by atoms with van der Waals surface area (Å²) in [6, 6.07) is 4.12. The fourth-order valence-corrected chi connectivity index (χ4v) is 1.65. The van der Waals surface area contributed by atoms with Crippen LogP contribution in [0.15, 0.2) is 16.5 Å². The number of fused-ring (bicyclic) bond motifs is 2. The van der Waals surface area contributed by atoms with E-state index in [0.717, 1.165) is 16.5 Å². The average Bonchev–Trinajstić information content (AvgIpc) is 2.44. The summed E-state index contributed by atoms with van der Waals surface area (Å²) in [6.45, 7) is 2.07. The quantitative estimate of drug-likeness (QED) is 0.643. The first-order valence-electron chi connectivity index (χ1n) is 3.18. The number of furan rings is 2. The zero-order valence-corrected chi connectivity index (χ0v) is 7.23. The zero-order chi connectivity index (χ0) is 7.14. The molecule has 0 spiro atoms. The predicted molar refractivity (Wildman–Crippen MR) is 44.8 cm³/mol. The smallest absolute Gasteiger partial charge is 0.134 e. The topological polar surface area (TPSA) is 13.1 Å². The molecule has 10 heavy (non-hydrogen) atoms. The van der Waals surface area contributed by atoms with Gasteiger partial charge in [-0.2, -0.15) is 0 Å². The summed E-state index contributed by atoms with van der Waals surface area (Å²) >= 11 is 3.40. The van der Waals surface area contributed by atoms with Gasteiger partial charge >= 0.3 is 0 Å². The van der Waals surface area contributed by atoms with Crippen LogP contribution >= 0.6 is 15.9 Å². The third kappa shape index (κ3) is 0.686. The first-order chi connectivity index (χ1) is 4.81. The molecular formula is C8H7BrO. The van der Waals surface area contributed by atoms with Crippen molar-refractivity contribution in [2.45, 2.75) is 12.3 Å². The van der Waals surface area contributed by atoms with Gasteiger partial charge in [0.2, 0.25) is 0 Å². The molecule has 2 rings (SSSR count). The Balaban J connectivity index is 2.74. The van der Waals surface area contributed by atoms with Crippen molar-refractivity contribution in [1.82, 2.24) is 0 Å². The van der Waals surface area contributed by atoms with Crippen LogP contribution in [0.25, 0.3) is 11.2 Å². The van der Waals surface area contributed by atoms with Crippen molar-refractivity contribution in [3.63, 3.8) is 0 Å². The van der Waals surface area contributed by atoms with Crippen molar-refractivity contribution >= 4 is 27.1 Å². The Hall–Kier alpha value is -0.500. The van der Waals surface area contributed by atoms with Crippen LogP contribution in [-0.4, -0.2) is 0 Å². The van der Waals surface area contributed by atoms with E-state index < -0.39 is 0 Å². The minimum absolute atomic E-state index is 0.886. The van der Waals surface area contributed by atoms with Crippen molar-refractivity contribution in [3.8, 4) is 0 Å². The molecular weight excluding hydrogens is 192 g/mol. The molecule has 0 N–H and O–H groups in total. The molecule has 0 unspecified atom stereocenters. The molecule has 2 aromatic rings. The Kier molecular flexibility index (Phi) is 1.24. The van der Waals surface area contributed by atoms with E-state index in [-0.39, 0.29) is 0 Å². The molecule has 0 aromatic carbocycles. The minimum Gasteiger partial charge on any atom is -0.457 e. The maximum atomic E-state index is 5.41. The molecule has 0 saturated carbocycles. The zero-order valence-electron chi connectivity index (χ0n) is 5.65. The van der Waals surface area contributed by atoms with E-state index in [1.165, 1.54) is 11.1 Å². The van der Waals surface area contributed by atoms with E-state index in [2.05, 4.69) is 35.0 Å². The van der Waals surface area contributed by atoms with Gasteiger partial charge in [0.25, 0.3) is 0 Å². The normalized spacial score (nSPS) is 11.4. The standard InChI is InChI=1S/C8H7BrO/c1-5-2-7-3-6(4-9)8(5)10-7/h2-3H,4H2,1H3. The highest BCUT2D eigenvalue weighted by Crippen LogP contribution is 2.27. The first kappa shape index (κ1) is 6.23. The van der Waals surface area contributed by atoms with Crippen molar-refractivity contribution in [3.05, 3.63) is 23.3 Å². The summed E-state index contributed by atoms with van der Waals surface area (Å²) in [5.41, 5.74) is 4.54. The Morgan fingerprint density at radius 3 is 2.70 bits per heavy atom. The molecule has 0 atom stereocenters. The highest BCUT2D eigenvalue weighted by atomic mass is 79.9. The number of hydrogen-bond acceptors (Lipinski definition) is 1. The summed E-state index contributed by atoms with van der Waals surface area (Å²) in [6.07, 6.45) is 0. The van der Waals surface area contributed by atoms with Gasteiger partial charge in [0.05, 0.1) is 0 Å². The lowest BCUT2D eigenvalue weighted by Crippen LogP contribution is -1.74. The van der Waals surface area contributed by atoms with Gasteiger partial charge in [0.1, 0.15) is 11.2 Å². The summed E-state index contributed by atoms with van der Waals surface area (Å²) in [5, 5.41) is 0.886. The molecule has 0 radical (unpaired) electrons. The third-order valence-corrected chi connectivity index (χ3v) is 2.29. The molecule has 0 aliphatic heterocycles. The average molecular weight is 199 g/mol. The fourth-order valence-electron chi connectivity index (χ4n) is 1.23. The van der Waals surface area contributed by atoms with Crippen LogP contribution in [0.3, 0.4) is 0 Å². The summed E-state index contributed by atoms with van der Waals surface area (Å²) in [7, 11) is 0. The van der Waals surface area contributed by atoms with Crippen LogP contribution in [-0.2, 0) is 5.33 Å². The van der Waals surface area contributed by atoms with Gasteiger partial charge in [-0.1, -0.05) is 15.9 Å². The van der Waals surface area contributed by atoms with Crippen molar-refractivity contribution in [1.29, 1.82) is 0 Å². The van der Waals surface area contributed by atoms with Crippen LogP contribution in [0.4, 0.5) is 0 Å². The largest absolute Gasteiger partial charge is 0.457 e. The van der Waals surface area contributed by atoms with E-state index >= 15 is 0 Å². The highest BCUT2D eigenvalue weighted by Gasteiger charge is 2.08. The maximum Gasteiger partial charge on any atom is 0.134 e. The van der Waals surface area contributed by atoms with Crippen molar-refractivity contribution in [2.24, 2.45) is 0 Å². The van der Waals surface area contributed by atoms with Gasteiger partial charge in [-0.05, 0) is 24.6 Å². The number of benzene rings is 1. The van der Waals surface area contributed by atoms with E-state index in [1.807, 2.05) is 0 Å². The van der Waals surface area contributed by atoms with Crippen LogP contribution in [0, 0.1) is 6.92 Å². The first-order valence-corrected chi connectivity index (χ1v) is 4.31. The second-order valence-electron chi connectivity index (χ2n) is 2.46. The lowest BCUT2D eigenvalue weighted by molar-refractivity contribution is 0.672. The fraction of sp³-hybridized carbons (Fsp3) is 0.250. The van der Waals surface area contributed by atoms with Crippen LogP contribution in [0.1, 0.15) is 11.1 Å². The molecule has 2 heteroatoms. The van der Waals surface area contributed by atoms with E-state index in [1.54, 1.807) is 0 Å². The molecule has 1 nitrogen and oxygen atoms in total. The molecule has 0 aliphatic rings. The molecule has 52 valence electrons. The summed E-state index contributed by atoms with van der Waals surface area (Å²) in [4.78, 5) is 0. The molecule has 2 bridgehead atoms.